The fraction of sp³-hybridized carbons (Fsp3) is 0.368. The molecule has 0 unspecified atom stereocenters. The summed E-state index contributed by atoms with van der Waals surface area (Å²) in [6.07, 6.45) is 3.77. The van der Waals surface area contributed by atoms with Crippen molar-refractivity contribution in [1.82, 2.24) is 14.9 Å². The lowest BCUT2D eigenvalue weighted by Gasteiger charge is -2.34. The van der Waals surface area contributed by atoms with E-state index in [9.17, 15) is 9.59 Å². The van der Waals surface area contributed by atoms with Crippen molar-refractivity contribution in [1.29, 1.82) is 0 Å². The van der Waals surface area contributed by atoms with Crippen molar-refractivity contribution < 1.29 is 9.59 Å². The van der Waals surface area contributed by atoms with E-state index in [4.69, 9.17) is 0 Å². The van der Waals surface area contributed by atoms with Crippen molar-refractivity contribution >= 4 is 33.7 Å². The molecule has 2 amide bonds. The van der Waals surface area contributed by atoms with Crippen molar-refractivity contribution in [2.24, 2.45) is 0 Å². The van der Waals surface area contributed by atoms with Gasteiger partial charge in [-0.3, -0.25) is 14.9 Å². The van der Waals surface area contributed by atoms with Gasteiger partial charge in [-0.1, -0.05) is 15.9 Å². The normalized spacial score (nSPS) is 17.2. The minimum absolute atomic E-state index is 0.00422. The second kappa shape index (κ2) is 6.16. The number of aryl methyl sites for hydroxylation is 2. The summed E-state index contributed by atoms with van der Waals surface area (Å²) in [6.45, 7) is 4.37. The molecule has 1 saturated carbocycles. The van der Waals surface area contributed by atoms with Crippen LogP contribution in [0.25, 0.3) is 0 Å². The van der Waals surface area contributed by atoms with Gasteiger partial charge in [-0.15, -0.1) is 0 Å². The number of benzene rings is 1. The molecule has 1 spiro atoms. The first-order valence-corrected chi connectivity index (χ1v) is 9.37. The molecule has 2 aromatic rings. The summed E-state index contributed by atoms with van der Waals surface area (Å²) in [5.41, 5.74) is 3.59. The molecule has 1 fully saturated rings. The molecule has 4 rings (SSSR count). The van der Waals surface area contributed by atoms with Gasteiger partial charge in [-0.2, -0.15) is 0 Å². The topological polar surface area (TPSA) is 75.2 Å². The lowest BCUT2D eigenvalue weighted by atomic mass is 9.86. The standard InChI is InChI=1S/C19H19BrN4O2/c1-11-8-21-18(22-12(11)2)23-16(25)9-24-10-19(5-6-19)15-7-13(20)3-4-14(15)17(24)26/h3-4,7-8H,5-6,9-10H2,1-2H3,(H,21,22,23,25). The summed E-state index contributed by atoms with van der Waals surface area (Å²) in [7, 11) is 0. The number of halogens is 1. The van der Waals surface area contributed by atoms with Crippen LogP contribution in [-0.2, 0) is 10.2 Å². The molecule has 2 heterocycles. The molecular weight excluding hydrogens is 396 g/mol. The fourth-order valence-electron chi connectivity index (χ4n) is 3.47. The fourth-order valence-corrected chi connectivity index (χ4v) is 3.83. The predicted molar refractivity (Wildman–Crippen MR) is 101 cm³/mol. The predicted octanol–water partition coefficient (Wildman–Crippen LogP) is 2.98. The van der Waals surface area contributed by atoms with Crippen LogP contribution >= 0.6 is 15.9 Å². The maximum Gasteiger partial charge on any atom is 0.254 e. The molecular formula is C19H19BrN4O2. The highest BCUT2D eigenvalue weighted by atomic mass is 79.9. The molecule has 0 radical (unpaired) electrons. The Morgan fingerprint density at radius 1 is 1.35 bits per heavy atom. The zero-order valence-electron chi connectivity index (χ0n) is 14.7. The van der Waals surface area contributed by atoms with Crippen LogP contribution < -0.4 is 5.32 Å². The molecule has 1 aliphatic heterocycles. The zero-order valence-corrected chi connectivity index (χ0v) is 16.3. The molecule has 1 aromatic heterocycles. The van der Waals surface area contributed by atoms with E-state index in [0.29, 0.717) is 12.1 Å². The summed E-state index contributed by atoms with van der Waals surface area (Å²) in [5.74, 6) is -0.104. The average Bonchev–Trinajstić information content (AvgIpc) is 3.36. The van der Waals surface area contributed by atoms with Crippen molar-refractivity contribution in [2.75, 3.05) is 18.4 Å². The molecule has 0 bridgehead atoms. The van der Waals surface area contributed by atoms with Crippen molar-refractivity contribution in [3.8, 4) is 0 Å². The van der Waals surface area contributed by atoms with Gasteiger partial charge in [0.2, 0.25) is 11.9 Å². The van der Waals surface area contributed by atoms with Crippen LogP contribution in [0.5, 0.6) is 0 Å². The zero-order chi connectivity index (χ0) is 18.5. The summed E-state index contributed by atoms with van der Waals surface area (Å²) < 4.78 is 0.980. The molecule has 0 saturated heterocycles. The minimum atomic E-state index is -0.280. The Morgan fingerprint density at radius 2 is 2.12 bits per heavy atom. The Morgan fingerprint density at radius 3 is 2.81 bits per heavy atom. The molecule has 2 aliphatic rings. The van der Waals surface area contributed by atoms with Gasteiger partial charge in [0.15, 0.2) is 0 Å². The number of nitrogens with one attached hydrogen (secondary N) is 1. The number of nitrogens with zero attached hydrogens (tertiary/aromatic N) is 3. The third kappa shape index (κ3) is 3.00. The van der Waals surface area contributed by atoms with E-state index in [0.717, 1.165) is 34.1 Å². The number of hydrogen-bond acceptors (Lipinski definition) is 4. The third-order valence-electron chi connectivity index (χ3n) is 5.23. The molecule has 6 nitrogen and oxygen atoms in total. The van der Waals surface area contributed by atoms with E-state index in [1.54, 1.807) is 11.1 Å². The van der Waals surface area contributed by atoms with Crippen LogP contribution in [0.3, 0.4) is 0 Å². The number of carbonyl (C=O) groups excluding carboxylic acids is 2. The number of hydrogen-bond donors (Lipinski definition) is 1. The first-order chi connectivity index (χ1) is 12.4. The largest absolute Gasteiger partial charge is 0.328 e. The number of aromatic nitrogens is 2. The highest BCUT2D eigenvalue weighted by Crippen LogP contribution is 2.52. The van der Waals surface area contributed by atoms with Gasteiger partial charge >= 0.3 is 0 Å². The van der Waals surface area contributed by atoms with Crippen molar-refractivity contribution in [2.45, 2.75) is 32.1 Å². The number of rotatable bonds is 3. The van der Waals surface area contributed by atoms with Crippen LogP contribution in [-0.4, -0.2) is 39.8 Å². The van der Waals surface area contributed by atoms with E-state index in [-0.39, 0.29) is 29.7 Å². The Bertz CT molecular complexity index is 924. The van der Waals surface area contributed by atoms with E-state index in [2.05, 4.69) is 31.2 Å². The molecule has 134 valence electrons. The van der Waals surface area contributed by atoms with E-state index < -0.39 is 0 Å². The highest BCUT2D eigenvalue weighted by molar-refractivity contribution is 9.10. The van der Waals surface area contributed by atoms with Crippen LogP contribution in [0, 0.1) is 13.8 Å². The molecule has 1 aliphatic carbocycles. The maximum absolute atomic E-state index is 12.8. The van der Waals surface area contributed by atoms with Gasteiger partial charge in [0.05, 0.1) is 0 Å². The number of fused-ring (bicyclic) bond motifs is 2. The van der Waals surface area contributed by atoms with Gasteiger partial charge < -0.3 is 4.90 Å². The molecule has 26 heavy (non-hydrogen) atoms. The molecule has 0 atom stereocenters. The van der Waals surface area contributed by atoms with Gasteiger partial charge in [0, 0.05) is 33.9 Å². The average molecular weight is 415 g/mol. The smallest absolute Gasteiger partial charge is 0.254 e. The molecule has 1 aromatic carbocycles. The number of amides is 2. The Kier molecular flexibility index (Phi) is 4.06. The monoisotopic (exact) mass is 414 g/mol. The first kappa shape index (κ1) is 17.1. The maximum atomic E-state index is 12.8. The van der Waals surface area contributed by atoms with Crippen LogP contribution in [0.1, 0.15) is 40.0 Å². The van der Waals surface area contributed by atoms with E-state index in [1.165, 1.54) is 0 Å². The van der Waals surface area contributed by atoms with Gasteiger partial charge in [-0.05, 0) is 56.0 Å². The summed E-state index contributed by atoms with van der Waals surface area (Å²) >= 11 is 3.49. The van der Waals surface area contributed by atoms with Crippen LogP contribution in [0.2, 0.25) is 0 Å². The van der Waals surface area contributed by atoms with Crippen LogP contribution in [0.4, 0.5) is 5.95 Å². The second-order valence-corrected chi connectivity index (χ2v) is 8.06. The van der Waals surface area contributed by atoms with Crippen molar-refractivity contribution in [3.05, 3.63) is 51.3 Å². The Hall–Kier alpha value is -2.28. The minimum Gasteiger partial charge on any atom is -0.328 e. The van der Waals surface area contributed by atoms with Crippen molar-refractivity contribution in [3.63, 3.8) is 0 Å². The second-order valence-electron chi connectivity index (χ2n) is 7.14. The quantitative estimate of drug-likeness (QED) is 0.837. The third-order valence-corrected chi connectivity index (χ3v) is 5.72. The van der Waals surface area contributed by atoms with E-state index >= 15 is 0 Å². The molecule has 7 heteroatoms. The summed E-state index contributed by atoms with van der Waals surface area (Å²) in [5, 5.41) is 2.70. The van der Waals surface area contributed by atoms with Gasteiger partial charge in [0.1, 0.15) is 6.54 Å². The number of anilines is 1. The Balaban J connectivity index is 1.52. The molecule has 1 N–H and O–H groups in total. The van der Waals surface area contributed by atoms with Gasteiger partial charge in [-0.25, -0.2) is 9.97 Å². The summed E-state index contributed by atoms with van der Waals surface area (Å²) in [4.78, 5) is 35.3. The lowest BCUT2D eigenvalue weighted by Crippen LogP contribution is -2.46. The van der Waals surface area contributed by atoms with E-state index in [1.807, 2.05) is 32.0 Å². The summed E-state index contributed by atoms with van der Waals surface area (Å²) in [6, 6.07) is 5.76. The first-order valence-electron chi connectivity index (χ1n) is 8.57. The number of carbonyl (C=O) groups is 2. The SMILES string of the molecule is Cc1cnc(NC(=O)CN2CC3(CC3)c3cc(Br)ccc3C2=O)nc1C. The lowest BCUT2D eigenvalue weighted by molar-refractivity contribution is -0.117. The van der Waals surface area contributed by atoms with Crippen LogP contribution in [0.15, 0.2) is 28.9 Å². The highest BCUT2D eigenvalue weighted by Gasteiger charge is 2.51. The van der Waals surface area contributed by atoms with Gasteiger partial charge in [0.25, 0.3) is 5.91 Å². The Labute approximate surface area is 160 Å².